The van der Waals surface area contributed by atoms with Crippen molar-refractivity contribution in [3.8, 4) is 22.8 Å². The van der Waals surface area contributed by atoms with E-state index < -0.39 is 5.82 Å². The highest BCUT2D eigenvalue weighted by atomic mass is 19.1. The molecule has 1 aromatic carbocycles. The van der Waals surface area contributed by atoms with Crippen LogP contribution in [0.5, 0.6) is 0 Å². The van der Waals surface area contributed by atoms with E-state index in [1.165, 1.54) is 0 Å². The number of nitrogens with two attached hydrogens (primary N) is 1. The minimum Gasteiger partial charge on any atom is -0.381 e. The Kier molecular flexibility index (Phi) is 4.34. The fourth-order valence-electron chi connectivity index (χ4n) is 2.95. The Morgan fingerprint density at radius 2 is 1.96 bits per heavy atom. The lowest BCUT2D eigenvalue weighted by molar-refractivity contribution is 0.622. The SMILES string of the molecule is Cc1cccc(-c2nc(N)c(F)c(-c3cn(Cc4ccn(C)n4)nn3)n2)c1C. The lowest BCUT2D eigenvalue weighted by Crippen LogP contribution is -2.04. The number of nitrogen functional groups attached to an aromatic ring is 1. The van der Waals surface area contributed by atoms with Crippen LogP contribution in [-0.4, -0.2) is 34.7 Å². The molecule has 0 aliphatic heterocycles. The zero-order chi connectivity index (χ0) is 19.8. The van der Waals surface area contributed by atoms with E-state index in [1.54, 1.807) is 15.6 Å². The van der Waals surface area contributed by atoms with Gasteiger partial charge in [-0.1, -0.05) is 23.4 Å². The summed E-state index contributed by atoms with van der Waals surface area (Å²) in [5.74, 6) is -0.575. The predicted molar refractivity (Wildman–Crippen MR) is 103 cm³/mol. The van der Waals surface area contributed by atoms with E-state index in [0.717, 1.165) is 22.4 Å². The molecule has 142 valence electrons. The van der Waals surface area contributed by atoms with Crippen molar-refractivity contribution in [2.45, 2.75) is 20.4 Å². The molecule has 3 heterocycles. The van der Waals surface area contributed by atoms with Gasteiger partial charge in [0.05, 0.1) is 18.4 Å². The summed E-state index contributed by atoms with van der Waals surface area (Å²) in [4.78, 5) is 8.53. The number of halogens is 1. The van der Waals surface area contributed by atoms with Crippen molar-refractivity contribution in [2.75, 3.05) is 5.73 Å². The third-order valence-electron chi connectivity index (χ3n) is 4.60. The molecule has 0 saturated carbocycles. The molecule has 0 bridgehead atoms. The van der Waals surface area contributed by atoms with Crippen LogP contribution in [0.3, 0.4) is 0 Å². The maximum Gasteiger partial charge on any atom is 0.193 e. The summed E-state index contributed by atoms with van der Waals surface area (Å²) >= 11 is 0. The molecule has 3 aromatic heterocycles. The monoisotopic (exact) mass is 378 g/mol. The quantitative estimate of drug-likeness (QED) is 0.586. The summed E-state index contributed by atoms with van der Waals surface area (Å²) in [5.41, 5.74) is 9.85. The smallest absolute Gasteiger partial charge is 0.193 e. The van der Waals surface area contributed by atoms with Crippen LogP contribution < -0.4 is 5.73 Å². The Bertz CT molecular complexity index is 1160. The fraction of sp³-hybridized carbons (Fsp3) is 0.211. The maximum atomic E-state index is 14.7. The van der Waals surface area contributed by atoms with E-state index >= 15 is 0 Å². The van der Waals surface area contributed by atoms with Gasteiger partial charge in [0.15, 0.2) is 17.5 Å². The van der Waals surface area contributed by atoms with Crippen LogP contribution in [0.15, 0.2) is 36.7 Å². The highest BCUT2D eigenvalue weighted by molar-refractivity contribution is 5.67. The van der Waals surface area contributed by atoms with Crippen LogP contribution >= 0.6 is 0 Å². The van der Waals surface area contributed by atoms with Gasteiger partial charge in [-0.05, 0) is 31.0 Å². The molecular weight excluding hydrogens is 359 g/mol. The first-order valence-electron chi connectivity index (χ1n) is 8.71. The van der Waals surface area contributed by atoms with Crippen molar-refractivity contribution in [3.63, 3.8) is 0 Å². The van der Waals surface area contributed by atoms with Crippen LogP contribution in [0.1, 0.15) is 16.8 Å². The molecule has 0 aliphatic rings. The first kappa shape index (κ1) is 17.8. The van der Waals surface area contributed by atoms with E-state index in [9.17, 15) is 4.39 Å². The minimum absolute atomic E-state index is 0.0238. The van der Waals surface area contributed by atoms with Gasteiger partial charge in [-0.15, -0.1) is 5.10 Å². The third kappa shape index (κ3) is 3.22. The first-order valence-corrected chi connectivity index (χ1v) is 8.71. The van der Waals surface area contributed by atoms with Crippen molar-refractivity contribution in [1.82, 2.24) is 34.7 Å². The van der Waals surface area contributed by atoms with E-state index in [1.807, 2.05) is 51.4 Å². The van der Waals surface area contributed by atoms with Gasteiger partial charge < -0.3 is 5.73 Å². The summed E-state index contributed by atoms with van der Waals surface area (Å²) in [6, 6.07) is 7.67. The molecule has 0 unspecified atom stereocenters. The molecule has 0 aliphatic carbocycles. The van der Waals surface area contributed by atoms with Gasteiger partial charge >= 0.3 is 0 Å². The normalized spacial score (nSPS) is 11.1. The Hall–Kier alpha value is -3.62. The molecule has 0 atom stereocenters. The lowest BCUT2D eigenvalue weighted by Gasteiger charge is -2.10. The number of aromatic nitrogens is 7. The van der Waals surface area contributed by atoms with E-state index in [4.69, 9.17) is 5.73 Å². The molecule has 8 nitrogen and oxygen atoms in total. The maximum absolute atomic E-state index is 14.7. The largest absolute Gasteiger partial charge is 0.381 e. The molecule has 4 aromatic rings. The highest BCUT2D eigenvalue weighted by Crippen LogP contribution is 2.28. The van der Waals surface area contributed by atoms with Crippen LogP contribution in [-0.2, 0) is 13.6 Å². The zero-order valence-electron chi connectivity index (χ0n) is 15.8. The van der Waals surface area contributed by atoms with Crippen molar-refractivity contribution in [3.05, 3.63) is 59.3 Å². The Labute approximate surface area is 160 Å². The molecule has 0 saturated heterocycles. The minimum atomic E-state index is -0.709. The average molecular weight is 378 g/mol. The van der Waals surface area contributed by atoms with Gasteiger partial charge in [0.25, 0.3) is 0 Å². The van der Waals surface area contributed by atoms with E-state index in [0.29, 0.717) is 12.4 Å². The topological polar surface area (TPSA) is 100 Å². The number of aryl methyl sites for hydroxylation is 2. The second kappa shape index (κ2) is 6.84. The third-order valence-corrected chi connectivity index (χ3v) is 4.60. The fourth-order valence-corrected chi connectivity index (χ4v) is 2.95. The van der Waals surface area contributed by atoms with Crippen LogP contribution in [0.4, 0.5) is 10.2 Å². The van der Waals surface area contributed by atoms with Crippen LogP contribution in [0.2, 0.25) is 0 Å². The van der Waals surface area contributed by atoms with Crippen molar-refractivity contribution in [1.29, 1.82) is 0 Å². The Balaban J connectivity index is 1.74. The first-order chi connectivity index (χ1) is 13.4. The number of hydrogen-bond donors (Lipinski definition) is 1. The number of hydrogen-bond acceptors (Lipinski definition) is 6. The van der Waals surface area contributed by atoms with Crippen molar-refractivity contribution < 1.29 is 4.39 Å². The summed E-state index contributed by atoms with van der Waals surface area (Å²) in [6.07, 6.45) is 3.46. The Morgan fingerprint density at radius 1 is 1.14 bits per heavy atom. The summed E-state index contributed by atoms with van der Waals surface area (Å²) in [5, 5.41) is 12.4. The molecular formula is C19H19FN8. The van der Waals surface area contributed by atoms with Crippen molar-refractivity contribution >= 4 is 5.82 Å². The van der Waals surface area contributed by atoms with Crippen LogP contribution in [0.25, 0.3) is 22.8 Å². The lowest BCUT2D eigenvalue weighted by atomic mass is 10.0. The second-order valence-corrected chi connectivity index (χ2v) is 6.62. The van der Waals surface area contributed by atoms with Gasteiger partial charge in [0.2, 0.25) is 0 Å². The van der Waals surface area contributed by atoms with Crippen molar-refractivity contribution in [2.24, 2.45) is 7.05 Å². The number of nitrogens with zero attached hydrogens (tertiary/aromatic N) is 7. The number of anilines is 1. The van der Waals surface area contributed by atoms with E-state index in [2.05, 4.69) is 25.4 Å². The molecule has 0 spiro atoms. The predicted octanol–water partition coefficient (Wildman–Crippen LogP) is 2.52. The molecule has 4 rings (SSSR count). The second-order valence-electron chi connectivity index (χ2n) is 6.62. The van der Waals surface area contributed by atoms with Gasteiger partial charge in [0.1, 0.15) is 11.4 Å². The van der Waals surface area contributed by atoms with Gasteiger partial charge in [-0.25, -0.2) is 19.0 Å². The summed E-state index contributed by atoms with van der Waals surface area (Å²) < 4.78 is 17.9. The zero-order valence-corrected chi connectivity index (χ0v) is 15.8. The summed E-state index contributed by atoms with van der Waals surface area (Å²) in [7, 11) is 1.84. The number of rotatable bonds is 4. The van der Waals surface area contributed by atoms with Gasteiger partial charge in [-0.2, -0.15) is 5.10 Å². The van der Waals surface area contributed by atoms with E-state index in [-0.39, 0.29) is 17.2 Å². The highest BCUT2D eigenvalue weighted by Gasteiger charge is 2.19. The molecule has 0 fully saturated rings. The van der Waals surface area contributed by atoms with Gasteiger partial charge in [0, 0.05) is 18.8 Å². The van der Waals surface area contributed by atoms with Crippen LogP contribution in [0, 0.1) is 19.7 Å². The molecule has 28 heavy (non-hydrogen) atoms. The molecule has 9 heteroatoms. The molecule has 2 N–H and O–H groups in total. The standard InChI is InChI=1S/C19H19FN8/c1-11-5-4-6-14(12(11)2)19-22-17(16(20)18(21)23-19)15-10-28(26-24-15)9-13-7-8-27(3)25-13/h4-8,10H,9H2,1-3H3,(H2,21,22,23). The number of benzene rings is 1. The average Bonchev–Trinajstić information content (AvgIpc) is 3.29. The Morgan fingerprint density at radius 3 is 2.71 bits per heavy atom. The molecule has 0 radical (unpaired) electrons. The molecule has 0 amide bonds. The summed E-state index contributed by atoms with van der Waals surface area (Å²) in [6.45, 7) is 4.38. The van der Waals surface area contributed by atoms with Gasteiger partial charge in [-0.3, -0.25) is 4.68 Å².